The van der Waals surface area contributed by atoms with Crippen LogP contribution in [-0.2, 0) is 6.42 Å². The normalized spacial score (nSPS) is 18.2. The zero-order chi connectivity index (χ0) is 10.7. The molecule has 0 saturated carbocycles. The molecule has 1 aromatic rings. The van der Waals surface area contributed by atoms with E-state index in [1.807, 2.05) is 6.21 Å². The highest BCUT2D eigenvalue weighted by Crippen LogP contribution is 2.04. The van der Waals surface area contributed by atoms with Gasteiger partial charge in [0.1, 0.15) is 0 Å². The summed E-state index contributed by atoms with van der Waals surface area (Å²) in [7, 11) is 0. The molecular formula is C12H14N2O. The standard InChI is InChI=1S/C12H14N2O/c1-2-10-3-5-11(6-4-10)9-14-8-7-12(15)13-14/h3-6,9H,2,7-8H2,1H3/b14-9-. The summed E-state index contributed by atoms with van der Waals surface area (Å²) in [5.41, 5.74) is 2.41. The Kier molecular flexibility index (Phi) is 2.81. The Morgan fingerprint density at radius 1 is 1.40 bits per heavy atom. The van der Waals surface area contributed by atoms with Crippen molar-refractivity contribution in [3.63, 3.8) is 0 Å². The molecule has 0 N–H and O–H groups in total. The van der Waals surface area contributed by atoms with Crippen molar-refractivity contribution in [2.24, 2.45) is 5.10 Å². The van der Waals surface area contributed by atoms with Crippen molar-refractivity contribution in [1.82, 2.24) is 0 Å². The van der Waals surface area contributed by atoms with E-state index in [0.29, 0.717) is 13.0 Å². The van der Waals surface area contributed by atoms with Crippen molar-refractivity contribution in [2.45, 2.75) is 19.8 Å². The third kappa shape index (κ3) is 2.43. The molecule has 0 amide bonds. The van der Waals surface area contributed by atoms with E-state index in [9.17, 15) is 5.11 Å². The van der Waals surface area contributed by atoms with Gasteiger partial charge in [-0.2, -0.15) is 0 Å². The van der Waals surface area contributed by atoms with Gasteiger partial charge in [0.2, 0.25) is 6.21 Å². The van der Waals surface area contributed by atoms with Crippen molar-refractivity contribution < 1.29 is 9.79 Å². The summed E-state index contributed by atoms with van der Waals surface area (Å²) < 4.78 is 1.71. The maximum absolute atomic E-state index is 10.9. The van der Waals surface area contributed by atoms with Gasteiger partial charge in [-0.15, -0.1) is 0 Å². The molecule has 15 heavy (non-hydrogen) atoms. The zero-order valence-corrected chi connectivity index (χ0v) is 8.81. The van der Waals surface area contributed by atoms with Gasteiger partial charge >= 0.3 is 0 Å². The second-order valence-electron chi connectivity index (χ2n) is 3.63. The highest BCUT2D eigenvalue weighted by molar-refractivity contribution is 5.77. The third-order valence-electron chi connectivity index (χ3n) is 2.48. The molecular weight excluding hydrogens is 188 g/mol. The van der Waals surface area contributed by atoms with Crippen LogP contribution in [0.4, 0.5) is 0 Å². The van der Waals surface area contributed by atoms with Crippen LogP contribution in [-0.4, -0.2) is 23.3 Å². The minimum Gasteiger partial charge on any atom is -0.857 e. The van der Waals surface area contributed by atoms with E-state index in [4.69, 9.17) is 0 Å². The smallest absolute Gasteiger partial charge is 0.203 e. The zero-order valence-electron chi connectivity index (χ0n) is 8.81. The van der Waals surface area contributed by atoms with E-state index in [2.05, 4.69) is 36.3 Å². The number of nitrogens with zero attached hydrogens (tertiary/aromatic N) is 2. The topological polar surface area (TPSA) is 38.4 Å². The number of rotatable bonds is 2. The summed E-state index contributed by atoms with van der Waals surface area (Å²) in [6, 6.07) is 8.31. The largest absolute Gasteiger partial charge is 0.857 e. The first kappa shape index (κ1) is 9.90. The van der Waals surface area contributed by atoms with Gasteiger partial charge in [-0.25, -0.2) is 0 Å². The van der Waals surface area contributed by atoms with E-state index in [1.54, 1.807) is 4.68 Å². The Morgan fingerprint density at radius 3 is 2.67 bits per heavy atom. The highest BCUT2D eigenvalue weighted by Gasteiger charge is 2.10. The SMILES string of the molecule is CCc1ccc(/C=[N+]2/CCC([O-])=N2)cc1. The highest BCUT2D eigenvalue weighted by atomic mass is 16.3. The molecule has 0 unspecified atom stereocenters. The molecule has 0 atom stereocenters. The number of hydrogen-bond donors (Lipinski definition) is 0. The molecule has 0 aromatic heterocycles. The fraction of sp³-hybridized carbons (Fsp3) is 0.333. The third-order valence-corrected chi connectivity index (χ3v) is 2.48. The van der Waals surface area contributed by atoms with Crippen molar-refractivity contribution >= 4 is 12.1 Å². The minimum absolute atomic E-state index is 0.0311. The lowest BCUT2D eigenvalue weighted by atomic mass is 10.1. The maximum atomic E-state index is 10.9. The molecule has 3 nitrogen and oxygen atoms in total. The molecule has 0 bridgehead atoms. The molecule has 3 heteroatoms. The van der Waals surface area contributed by atoms with E-state index in [1.165, 1.54) is 5.56 Å². The number of benzene rings is 1. The predicted octanol–water partition coefficient (Wildman–Crippen LogP) is 0.758. The second-order valence-corrected chi connectivity index (χ2v) is 3.63. The fourth-order valence-electron chi connectivity index (χ4n) is 1.56. The van der Waals surface area contributed by atoms with Crippen LogP contribution < -0.4 is 5.11 Å². The summed E-state index contributed by atoms with van der Waals surface area (Å²) in [6.07, 6.45) is 3.49. The van der Waals surface area contributed by atoms with E-state index < -0.39 is 0 Å². The van der Waals surface area contributed by atoms with E-state index in [-0.39, 0.29) is 5.90 Å². The van der Waals surface area contributed by atoms with E-state index in [0.717, 1.165) is 12.0 Å². The summed E-state index contributed by atoms with van der Waals surface area (Å²) in [6.45, 7) is 2.83. The van der Waals surface area contributed by atoms with Gasteiger partial charge < -0.3 is 5.11 Å². The van der Waals surface area contributed by atoms with Crippen LogP contribution in [0.25, 0.3) is 0 Å². The molecule has 1 aliphatic heterocycles. The Morgan fingerprint density at radius 2 is 2.13 bits per heavy atom. The van der Waals surface area contributed by atoms with Crippen molar-refractivity contribution in [1.29, 1.82) is 0 Å². The van der Waals surface area contributed by atoms with Gasteiger partial charge in [0.15, 0.2) is 6.54 Å². The van der Waals surface area contributed by atoms with Gasteiger partial charge in [0.05, 0.1) is 0 Å². The quantitative estimate of drug-likeness (QED) is 0.652. The van der Waals surface area contributed by atoms with Crippen LogP contribution in [0.5, 0.6) is 0 Å². The molecule has 1 aromatic carbocycles. The average Bonchev–Trinajstić information content (AvgIpc) is 2.65. The lowest BCUT2D eigenvalue weighted by molar-refractivity contribution is -0.519. The van der Waals surface area contributed by atoms with Crippen LogP contribution >= 0.6 is 0 Å². The monoisotopic (exact) mass is 202 g/mol. The lowest BCUT2D eigenvalue weighted by Crippen LogP contribution is -2.13. The Balaban J connectivity index is 2.17. The summed E-state index contributed by atoms with van der Waals surface area (Å²) in [5.74, 6) is -0.0311. The van der Waals surface area contributed by atoms with Gasteiger partial charge in [-0.3, -0.25) is 0 Å². The van der Waals surface area contributed by atoms with Crippen LogP contribution in [0.2, 0.25) is 0 Å². The van der Waals surface area contributed by atoms with Crippen molar-refractivity contribution in [3.05, 3.63) is 35.4 Å². The summed E-state index contributed by atoms with van der Waals surface area (Å²) in [4.78, 5) is 0. The summed E-state index contributed by atoms with van der Waals surface area (Å²) >= 11 is 0. The molecule has 0 saturated heterocycles. The van der Waals surface area contributed by atoms with Gasteiger partial charge in [0.25, 0.3) is 0 Å². The lowest BCUT2D eigenvalue weighted by Gasteiger charge is -1.95. The molecule has 0 radical (unpaired) electrons. The Labute approximate surface area is 89.4 Å². The van der Waals surface area contributed by atoms with Crippen LogP contribution in [0.3, 0.4) is 0 Å². The van der Waals surface area contributed by atoms with Crippen molar-refractivity contribution in [3.8, 4) is 0 Å². The van der Waals surface area contributed by atoms with Gasteiger partial charge in [-0.1, -0.05) is 23.7 Å². The second kappa shape index (κ2) is 4.26. The van der Waals surface area contributed by atoms with Crippen LogP contribution in [0.15, 0.2) is 29.4 Å². The number of aryl methyl sites for hydroxylation is 1. The van der Waals surface area contributed by atoms with Gasteiger partial charge in [0, 0.05) is 17.9 Å². The Bertz CT molecular complexity index is 404. The Hall–Kier alpha value is -1.64. The van der Waals surface area contributed by atoms with Crippen molar-refractivity contribution in [2.75, 3.05) is 6.54 Å². The number of hydrazone groups is 1. The van der Waals surface area contributed by atoms with E-state index >= 15 is 0 Å². The average molecular weight is 202 g/mol. The number of hydrogen-bond acceptors (Lipinski definition) is 2. The molecule has 0 fully saturated rings. The predicted molar refractivity (Wildman–Crippen MR) is 58.2 cm³/mol. The first-order valence-corrected chi connectivity index (χ1v) is 5.23. The molecule has 1 aliphatic rings. The maximum Gasteiger partial charge on any atom is 0.203 e. The molecule has 2 rings (SSSR count). The first-order chi connectivity index (χ1) is 7.28. The van der Waals surface area contributed by atoms with Crippen LogP contribution in [0, 0.1) is 0 Å². The van der Waals surface area contributed by atoms with Gasteiger partial charge in [-0.05, 0) is 29.2 Å². The summed E-state index contributed by atoms with van der Waals surface area (Å²) in [5, 5.41) is 14.8. The molecule has 0 spiro atoms. The van der Waals surface area contributed by atoms with Crippen LogP contribution in [0.1, 0.15) is 24.5 Å². The minimum atomic E-state index is -0.0311. The molecule has 1 heterocycles. The first-order valence-electron chi connectivity index (χ1n) is 5.23. The molecule has 78 valence electrons. The molecule has 0 aliphatic carbocycles. The fourth-order valence-corrected chi connectivity index (χ4v) is 1.56.